The highest BCUT2D eigenvalue weighted by Gasteiger charge is 2.52. The van der Waals surface area contributed by atoms with Gasteiger partial charge in [-0.05, 0) is 56.0 Å². The molecule has 0 amide bonds. The third-order valence-corrected chi connectivity index (χ3v) is 5.26. The number of hydrogen-bond acceptors (Lipinski definition) is 1. The SMILES string of the molecule is CCCNC1CC(c2cccc(C)c2)C1(CC)CC. The zero-order chi connectivity index (χ0) is 13.9. The van der Waals surface area contributed by atoms with E-state index in [9.17, 15) is 0 Å². The van der Waals surface area contributed by atoms with E-state index < -0.39 is 0 Å². The van der Waals surface area contributed by atoms with Gasteiger partial charge in [0.05, 0.1) is 0 Å². The van der Waals surface area contributed by atoms with E-state index in [1.165, 1.54) is 31.2 Å². The van der Waals surface area contributed by atoms with Gasteiger partial charge in [0.15, 0.2) is 0 Å². The maximum absolute atomic E-state index is 3.78. The van der Waals surface area contributed by atoms with Crippen LogP contribution in [0.25, 0.3) is 0 Å². The Morgan fingerprint density at radius 2 is 1.95 bits per heavy atom. The summed E-state index contributed by atoms with van der Waals surface area (Å²) in [5, 5.41) is 3.78. The second-order valence-corrected chi connectivity index (χ2v) is 6.15. The van der Waals surface area contributed by atoms with Gasteiger partial charge in [0.25, 0.3) is 0 Å². The Kier molecular flexibility index (Phi) is 4.67. The van der Waals surface area contributed by atoms with Gasteiger partial charge in [0, 0.05) is 6.04 Å². The van der Waals surface area contributed by atoms with Gasteiger partial charge >= 0.3 is 0 Å². The molecule has 0 spiro atoms. The van der Waals surface area contributed by atoms with Crippen LogP contribution in [0.5, 0.6) is 0 Å². The first-order valence-corrected chi connectivity index (χ1v) is 7.97. The first kappa shape index (κ1) is 14.6. The van der Waals surface area contributed by atoms with E-state index in [1.54, 1.807) is 5.56 Å². The second-order valence-electron chi connectivity index (χ2n) is 6.15. The lowest BCUT2D eigenvalue weighted by Gasteiger charge is -2.57. The predicted molar refractivity (Wildman–Crippen MR) is 83.6 cm³/mol. The summed E-state index contributed by atoms with van der Waals surface area (Å²) in [5.41, 5.74) is 3.42. The van der Waals surface area contributed by atoms with Crippen molar-refractivity contribution in [3.05, 3.63) is 35.4 Å². The molecule has 1 aliphatic rings. The molecule has 2 rings (SSSR count). The first-order valence-electron chi connectivity index (χ1n) is 7.97. The fourth-order valence-corrected chi connectivity index (χ4v) is 3.98. The van der Waals surface area contributed by atoms with Crippen LogP contribution < -0.4 is 5.32 Å². The maximum Gasteiger partial charge on any atom is 0.0135 e. The van der Waals surface area contributed by atoms with Crippen molar-refractivity contribution in [3.63, 3.8) is 0 Å². The van der Waals surface area contributed by atoms with Crippen LogP contribution in [-0.2, 0) is 0 Å². The van der Waals surface area contributed by atoms with E-state index >= 15 is 0 Å². The van der Waals surface area contributed by atoms with Crippen molar-refractivity contribution in [2.24, 2.45) is 5.41 Å². The fraction of sp³-hybridized carbons (Fsp3) is 0.667. The van der Waals surface area contributed by atoms with Crippen LogP contribution in [0.4, 0.5) is 0 Å². The summed E-state index contributed by atoms with van der Waals surface area (Å²) < 4.78 is 0. The minimum atomic E-state index is 0.475. The summed E-state index contributed by atoms with van der Waals surface area (Å²) in [6.45, 7) is 10.4. The van der Waals surface area contributed by atoms with Gasteiger partial charge in [-0.25, -0.2) is 0 Å². The van der Waals surface area contributed by atoms with Gasteiger partial charge in [-0.3, -0.25) is 0 Å². The monoisotopic (exact) mass is 259 g/mol. The highest BCUT2D eigenvalue weighted by molar-refractivity contribution is 5.31. The smallest absolute Gasteiger partial charge is 0.0135 e. The second kappa shape index (κ2) is 6.09. The molecule has 0 aromatic heterocycles. The molecule has 1 saturated carbocycles. The maximum atomic E-state index is 3.78. The molecule has 1 N–H and O–H groups in total. The van der Waals surface area contributed by atoms with Gasteiger partial charge in [0.2, 0.25) is 0 Å². The van der Waals surface area contributed by atoms with Crippen LogP contribution in [0.1, 0.15) is 63.5 Å². The minimum Gasteiger partial charge on any atom is -0.313 e. The van der Waals surface area contributed by atoms with Crippen molar-refractivity contribution in [1.29, 1.82) is 0 Å². The molecular formula is C18H29N. The molecule has 0 aliphatic heterocycles. The molecule has 0 bridgehead atoms. The van der Waals surface area contributed by atoms with Crippen LogP contribution >= 0.6 is 0 Å². The molecule has 19 heavy (non-hydrogen) atoms. The molecule has 1 nitrogen and oxygen atoms in total. The van der Waals surface area contributed by atoms with E-state index in [-0.39, 0.29) is 0 Å². The summed E-state index contributed by atoms with van der Waals surface area (Å²) in [6.07, 6.45) is 5.10. The van der Waals surface area contributed by atoms with Crippen molar-refractivity contribution >= 4 is 0 Å². The van der Waals surface area contributed by atoms with E-state index in [0.717, 1.165) is 12.5 Å². The summed E-state index contributed by atoms with van der Waals surface area (Å²) in [5.74, 6) is 0.747. The van der Waals surface area contributed by atoms with Gasteiger partial charge in [-0.15, -0.1) is 0 Å². The van der Waals surface area contributed by atoms with Crippen LogP contribution in [-0.4, -0.2) is 12.6 Å². The Labute approximate surface area is 118 Å². The standard InChI is InChI=1S/C18H29N/c1-5-11-19-17-13-16(18(17,6-2)7-3)15-10-8-9-14(4)12-15/h8-10,12,16-17,19H,5-7,11,13H2,1-4H3. The van der Waals surface area contributed by atoms with Crippen molar-refractivity contribution < 1.29 is 0 Å². The zero-order valence-corrected chi connectivity index (χ0v) is 13.0. The van der Waals surface area contributed by atoms with Crippen LogP contribution in [0, 0.1) is 12.3 Å². The summed E-state index contributed by atoms with van der Waals surface area (Å²) >= 11 is 0. The van der Waals surface area contributed by atoms with Crippen LogP contribution in [0.3, 0.4) is 0 Å². The Morgan fingerprint density at radius 3 is 2.53 bits per heavy atom. The highest BCUT2D eigenvalue weighted by atomic mass is 15.0. The predicted octanol–water partition coefficient (Wildman–Crippen LogP) is 4.66. The van der Waals surface area contributed by atoms with Crippen molar-refractivity contribution in [1.82, 2.24) is 5.32 Å². The molecule has 106 valence electrons. The number of nitrogens with one attached hydrogen (secondary N) is 1. The normalized spacial score (nSPS) is 25.1. The first-order chi connectivity index (χ1) is 9.17. The minimum absolute atomic E-state index is 0.475. The van der Waals surface area contributed by atoms with E-state index in [0.29, 0.717) is 11.5 Å². The number of hydrogen-bond donors (Lipinski definition) is 1. The molecule has 1 aromatic carbocycles. The lowest BCUT2D eigenvalue weighted by Crippen LogP contribution is -2.58. The van der Waals surface area contributed by atoms with Gasteiger partial charge in [-0.2, -0.15) is 0 Å². The van der Waals surface area contributed by atoms with Crippen molar-refractivity contribution in [2.75, 3.05) is 6.54 Å². The topological polar surface area (TPSA) is 12.0 Å². The number of benzene rings is 1. The molecule has 1 aliphatic carbocycles. The lowest BCUT2D eigenvalue weighted by molar-refractivity contribution is 0.0201. The molecule has 0 heterocycles. The molecule has 1 heteroatoms. The van der Waals surface area contributed by atoms with E-state index in [1.807, 2.05) is 0 Å². The van der Waals surface area contributed by atoms with Crippen LogP contribution in [0.15, 0.2) is 24.3 Å². The summed E-state index contributed by atoms with van der Waals surface area (Å²) in [7, 11) is 0. The molecule has 0 radical (unpaired) electrons. The van der Waals surface area contributed by atoms with Gasteiger partial charge in [-0.1, -0.05) is 50.6 Å². The number of aryl methyl sites for hydroxylation is 1. The highest BCUT2D eigenvalue weighted by Crippen LogP contribution is 2.57. The molecule has 1 fully saturated rings. The van der Waals surface area contributed by atoms with E-state index in [4.69, 9.17) is 0 Å². The van der Waals surface area contributed by atoms with E-state index in [2.05, 4.69) is 57.3 Å². The Balaban J connectivity index is 2.18. The van der Waals surface area contributed by atoms with Crippen LogP contribution in [0.2, 0.25) is 0 Å². The molecule has 0 saturated heterocycles. The van der Waals surface area contributed by atoms with Gasteiger partial charge in [0.1, 0.15) is 0 Å². The third kappa shape index (κ3) is 2.58. The van der Waals surface area contributed by atoms with Gasteiger partial charge < -0.3 is 5.32 Å². The Morgan fingerprint density at radius 1 is 1.21 bits per heavy atom. The zero-order valence-electron chi connectivity index (χ0n) is 13.0. The van der Waals surface area contributed by atoms with Crippen molar-refractivity contribution in [3.8, 4) is 0 Å². The van der Waals surface area contributed by atoms with Crippen molar-refractivity contribution in [2.45, 2.75) is 65.3 Å². The largest absolute Gasteiger partial charge is 0.313 e. The molecule has 1 aromatic rings. The average molecular weight is 259 g/mol. The Bertz CT molecular complexity index is 406. The third-order valence-electron chi connectivity index (χ3n) is 5.26. The molecule has 2 unspecified atom stereocenters. The summed E-state index contributed by atoms with van der Waals surface area (Å²) in [6, 6.07) is 9.85. The molecule has 2 atom stereocenters. The Hall–Kier alpha value is -0.820. The average Bonchev–Trinajstić information content (AvgIpc) is 2.39. The lowest BCUT2D eigenvalue weighted by atomic mass is 9.51. The molecular weight excluding hydrogens is 230 g/mol. The summed E-state index contributed by atoms with van der Waals surface area (Å²) in [4.78, 5) is 0. The number of rotatable bonds is 6. The quantitative estimate of drug-likeness (QED) is 0.783. The fourth-order valence-electron chi connectivity index (χ4n) is 3.98.